The Hall–Kier alpha value is -0.750. The smallest absolute Gasteiger partial charge is 0.232 e. The van der Waals surface area contributed by atoms with Gasteiger partial charge in [-0.05, 0) is 27.2 Å². The molecule has 0 radical (unpaired) electrons. The van der Waals surface area contributed by atoms with Crippen LogP contribution in [0.25, 0.3) is 0 Å². The molecule has 1 aliphatic rings. The van der Waals surface area contributed by atoms with Crippen molar-refractivity contribution >= 4 is 14.0 Å². The molecule has 0 saturated heterocycles. The summed E-state index contributed by atoms with van der Waals surface area (Å²) in [5, 5.41) is 0. The summed E-state index contributed by atoms with van der Waals surface area (Å²) in [6.07, 6.45) is 4.63. The predicted octanol–water partition coefficient (Wildman–Crippen LogP) is 3.11. The molecule has 0 saturated carbocycles. The SMILES string of the molecule is CC1=CC(C)(C(=O)P=O)CC(C)=C1. The number of carbonyl (C=O) groups is 1. The minimum Gasteiger partial charge on any atom is -0.285 e. The monoisotopic (exact) mass is 196 g/mol. The van der Waals surface area contributed by atoms with Gasteiger partial charge < -0.3 is 0 Å². The lowest BCUT2D eigenvalue weighted by atomic mass is 9.79. The number of hydrogen-bond donors (Lipinski definition) is 0. The quantitative estimate of drug-likeness (QED) is 0.636. The van der Waals surface area contributed by atoms with E-state index in [1.54, 1.807) is 0 Å². The van der Waals surface area contributed by atoms with Crippen LogP contribution < -0.4 is 0 Å². The van der Waals surface area contributed by atoms with E-state index in [0.717, 1.165) is 5.57 Å². The molecule has 0 aromatic rings. The lowest BCUT2D eigenvalue weighted by Crippen LogP contribution is -2.24. The second kappa shape index (κ2) is 3.55. The lowest BCUT2D eigenvalue weighted by Gasteiger charge is -2.26. The topological polar surface area (TPSA) is 34.1 Å². The molecule has 3 heteroatoms. The van der Waals surface area contributed by atoms with Crippen LogP contribution in [-0.2, 0) is 9.36 Å². The number of hydrogen-bond acceptors (Lipinski definition) is 2. The van der Waals surface area contributed by atoms with E-state index in [2.05, 4.69) is 6.08 Å². The van der Waals surface area contributed by atoms with Crippen LogP contribution in [-0.4, -0.2) is 5.52 Å². The molecular formula is C10H13O2P. The summed E-state index contributed by atoms with van der Waals surface area (Å²) in [6.45, 7) is 5.78. The van der Waals surface area contributed by atoms with Crippen LogP contribution in [0.5, 0.6) is 0 Å². The third kappa shape index (κ3) is 2.13. The van der Waals surface area contributed by atoms with Crippen molar-refractivity contribution in [1.82, 2.24) is 0 Å². The third-order valence-corrected chi connectivity index (χ3v) is 2.91. The van der Waals surface area contributed by atoms with E-state index in [1.807, 2.05) is 26.8 Å². The van der Waals surface area contributed by atoms with Gasteiger partial charge in [0.05, 0.1) is 5.41 Å². The molecule has 1 unspecified atom stereocenters. The Morgan fingerprint density at radius 3 is 2.62 bits per heavy atom. The fourth-order valence-corrected chi connectivity index (χ4v) is 2.21. The normalized spacial score (nSPS) is 28.2. The van der Waals surface area contributed by atoms with E-state index in [-0.39, 0.29) is 14.0 Å². The molecule has 0 heterocycles. The third-order valence-electron chi connectivity index (χ3n) is 2.24. The Labute approximate surface area is 79.9 Å². The summed E-state index contributed by atoms with van der Waals surface area (Å²) < 4.78 is 10.5. The van der Waals surface area contributed by atoms with Crippen LogP contribution in [0.4, 0.5) is 0 Å². The summed E-state index contributed by atoms with van der Waals surface area (Å²) in [4.78, 5) is 11.4. The minimum atomic E-state index is -0.563. The Morgan fingerprint density at radius 1 is 1.54 bits per heavy atom. The van der Waals surface area contributed by atoms with Crippen LogP contribution in [0.1, 0.15) is 27.2 Å². The highest BCUT2D eigenvalue weighted by Gasteiger charge is 2.33. The van der Waals surface area contributed by atoms with Crippen LogP contribution in [0, 0.1) is 5.41 Å². The van der Waals surface area contributed by atoms with Crippen molar-refractivity contribution in [3.05, 3.63) is 23.3 Å². The lowest BCUT2D eigenvalue weighted by molar-refractivity contribution is -0.117. The van der Waals surface area contributed by atoms with Crippen molar-refractivity contribution in [1.29, 1.82) is 0 Å². The highest BCUT2D eigenvalue weighted by Crippen LogP contribution is 2.37. The van der Waals surface area contributed by atoms with Gasteiger partial charge in [-0.2, -0.15) is 0 Å². The van der Waals surface area contributed by atoms with Crippen LogP contribution in [0.15, 0.2) is 23.3 Å². The number of rotatable bonds is 2. The van der Waals surface area contributed by atoms with E-state index < -0.39 is 5.41 Å². The zero-order valence-electron chi connectivity index (χ0n) is 8.13. The molecule has 0 N–H and O–H groups in total. The van der Waals surface area contributed by atoms with E-state index in [4.69, 9.17) is 0 Å². The summed E-state index contributed by atoms with van der Waals surface area (Å²) in [6, 6.07) is 0. The summed E-state index contributed by atoms with van der Waals surface area (Å²) in [5.74, 6) is 0. The molecule has 0 spiro atoms. The molecule has 0 fully saturated rings. The van der Waals surface area contributed by atoms with Crippen LogP contribution in [0.2, 0.25) is 0 Å². The molecule has 2 nitrogen and oxygen atoms in total. The number of carbonyl (C=O) groups excluding carboxylic acids is 1. The Balaban J connectivity index is 3.02. The zero-order chi connectivity index (χ0) is 10.1. The zero-order valence-corrected chi connectivity index (χ0v) is 9.02. The second-order valence-electron chi connectivity index (χ2n) is 3.87. The standard InChI is InChI=1S/C10H13O2P/c1-7-4-8(2)6-10(3,5-7)9(11)13-12/h4-5H,6H2,1-3H3. The summed E-state index contributed by atoms with van der Waals surface area (Å²) >= 11 is 0. The van der Waals surface area contributed by atoms with Crippen molar-refractivity contribution in [2.45, 2.75) is 27.2 Å². The molecule has 1 atom stereocenters. The Morgan fingerprint density at radius 2 is 2.15 bits per heavy atom. The first-order valence-electron chi connectivity index (χ1n) is 4.22. The first-order chi connectivity index (χ1) is 5.98. The van der Waals surface area contributed by atoms with Crippen molar-refractivity contribution < 1.29 is 9.36 Å². The van der Waals surface area contributed by atoms with Crippen molar-refractivity contribution in [3.8, 4) is 0 Å². The predicted molar refractivity (Wildman–Crippen MR) is 52.9 cm³/mol. The van der Waals surface area contributed by atoms with Crippen LogP contribution in [0.3, 0.4) is 0 Å². The highest BCUT2D eigenvalue weighted by atomic mass is 31.1. The van der Waals surface area contributed by atoms with E-state index >= 15 is 0 Å². The molecule has 70 valence electrons. The van der Waals surface area contributed by atoms with Gasteiger partial charge in [0, 0.05) is 0 Å². The Kier molecular flexibility index (Phi) is 2.82. The second-order valence-corrected chi connectivity index (χ2v) is 4.46. The molecule has 0 bridgehead atoms. The maximum absolute atomic E-state index is 11.4. The fraction of sp³-hybridized carbons (Fsp3) is 0.500. The molecule has 0 aliphatic heterocycles. The minimum absolute atomic E-state index is 0.237. The van der Waals surface area contributed by atoms with Crippen molar-refractivity contribution in [2.24, 2.45) is 5.41 Å². The van der Waals surface area contributed by atoms with Gasteiger partial charge in [-0.25, -0.2) is 0 Å². The molecule has 0 aromatic heterocycles. The van der Waals surface area contributed by atoms with E-state index in [9.17, 15) is 9.36 Å². The van der Waals surface area contributed by atoms with Crippen molar-refractivity contribution in [3.63, 3.8) is 0 Å². The molecule has 1 rings (SSSR count). The van der Waals surface area contributed by atoms with Gasteiger partial charge in [0.2, 0.25) is 14.0 Å². The average Bonchev–Trinajstić information content (AvgIpc) is 2.00. The molecule has 1 aliphatic carbocycles. The van der Waals surface area contributed by atoms with Gasteiger partial charge >= 0.3 is 0 Å². The fourth-order valence-electron chi connectivity index (χ4n) is 1.86. The summed E-state index contributed by atoms with van der Waals surface area (Å²) in [5.41, 5.74) is 1.44. The molecule has 0 amide bonds. The van der Waals surface area contributed by atoms with Gasteiger partial charge in [0.15, 0.2) is 0 Å². The van der Waals surface area contributed by atoms with E-state index in [1.165, 1.54) is 5.57 Å². The maximum atomic E-state index is 11.4. The van der Waals surface area contributed by atoms with Gasteiger partial charge in [0.25, 0.3) is 0 Å². The Bertz CT molecular complexity index is 315. The van der Waals surface area contributed by atoms with Crippen molar-refractivity contribution in [2.75, 3.05) is 0 Å². The number of allylic oxidation sites excluding steroid dienone is 4. The maximum Gasteiger partial charge on any atom is 0.232 e. The van der Waals surface area contributed by atoms with Gasteiger partial charge in [0.1, 0.15) is 0 Å². The largest absolute Gasteiger partial charge is 0.285 e. The highest BCUT2D eigenvalue weighted by molar-refractivity contribution is 7.46. The van der Waals surface area contributed by atoms with E-state index in [0.29, 0.717) is 6.42 Å². The first kappa shape index (κ1) is 10.3. The average molecular weight is 196 g/mol. The summed E-state index contributed by atoms with van der Waals surface area (Å²) in [7, 11) is -0.387. The molecular weight excluding hydrogens is 183 g/mol. The van der Waals surface area contributed by atoms with Crippen LogP contribution >= 0.6 is 8.46 Å². The van der Waals surface area contributed by atoms with Gasteiger partial charge in [-0.3, -0.25) is 9.36 Å². The first-order valence-corrected chi connectivity index (χ1v) is 5.03. The van der Waals surface area contributed by atoms with Gasteiger partial charge in [-0.15, -0.1) is 0 Å². The molecule has 0 aromatic carbocycles. The van der Waals surface area contributed by atoms with Gasteiger partial charge in [-0.1, -0.05) is 23.3 Å². The molecule has 13 heavy (non-hydrogen) atoms.